The van der Waals surface area contributed by atoms with E-state index >= 15 is 0 Å². The van der Waals surface area contributed by atoms with Crippen molar-refractivity contribution in [3.05, 3.63) is 46.5 Å². The number of phenolic OH excluding ortho intramolecular Hbond substituents is 1. The summed E-state index contributed by atoms with van der Waals surface area (Å²) in [5.41, 5.74) is 1.57. The average molecular weight is 334 g/mol. The smallest absolute Gasteiger partial charge is 0.255 e. The van der Waals surface area contributed by atoms with Crippen LogP contribution in [0.15, 0.2) is 30.3 Å². The van der Waals surface area contributed by atoms with E-state index in [4.69, 9.17) is 21.1 Å². The maximum Gasteiger partial charge on any atom is 0.255 e. The molecule has 0 aromatic heterocycles. The summed E-state index contributed by atoms with van der Waals surface area (Å²) in [5.74, 6) is 0.535. The van der Waals surface area contributed by atoms with E-state index in [0.29, 0.717) is 41.0 Å². The van der Waals surface area contributed by atoms with Gasteiger partial charge in [0.25, 0.3) is 5.91 Å². The van der Waals surface area contributed by atoms with Crippen LogP contribution in [0.3, 0.4) is 0 Å². The molecule has 120 valence electrons. The van der Waals surface area contributed by atoms with E-state index in [1.165, 1.54) is 6.07 Å². The molecule has 5 nitrogen and oxygen atoms in total. The third-order valence-corrected chi connectivity index (χ3v) is 3.75. The number of anilines is 1. The summed E-state index contributed by atoms with van der Waals surface area (Å²) < 4.78 is 11.1. The number of fused-ring (bicyclic) bond motifs is 1. The van der Waals surface area contributed by atoms with Gasteiger partial charge in [-0.3, -0.25) is 4.79 Å². The molecule has 0 aliphatic carbocycles. The topological polar surface area (TPSA) is 67.8 Å². The van der Waals surface area contributed by atoms with Crippen LogP contribution in [0.25, 0.3) is 0 Å². The molecule has 0 spiro atoms. The molecule has 2 N–H and O–H groups in total. The number of ether oxygens (including phenoxy) is 2. The molecule has 3 rings (SSSR count). The number of aryl methyl sites for hydroxylation is 1. The summed E-state index contributed by atoms with van der Waals surface area (Å²) in [6, 6.07) is 8.14. The van der Waals surface area contributed by atoms with E-state index in [9.17, 15) is 9.90 Å². The fourth-order valence-electron chi connectivity index (χ4n) is 2.30. The van der Waals surface area contributed by atoms with Crippen LogP contribution in [-0.2, 0) is 0 Å². The number of hydrogen-bond acceptors (Lipinski definition) is 4. The minimum absolute atomic E-state index is 0.0128. The number of phenols is 1. The second-order valence-corrected chi connectivity index (χ2v) is 5.72. The van der Waals surface area contributed by atoms with Gasteiger partial charge in [-0.2, -0.15) is 0 Å². The fraction of sp³-hybridized carbons (Fsp3) is 0.235. The lowest BCUT2D eigenvalue weighted by Gasteiger charge is -2.12. The zero-order chi connectivity index (χ0) is 16.4. The zero-order valence-electron chi connectivity index (χ0n) is 12.6. The van der Waals surface area contributed by atoms with Crippen LogP contribution in [0.5, 0.6) is 17.2 Å². The lowest BCUT2D eigenvalue weighted by molar-refractivity contribution is 0.102. The van der Waals surface area contributed by atoms with Gasteiger partial charge < -0.3 is 19.9 Å². The molecular weight excluding hydrogens is 318 g/mol. The number of amides is 1. The van der Waals surface area contributed by atoms with Crippen LogP contribution < -0.4 is 14.8 Å². The van der Waals surface area contributed by atoms with E-state index < -0.39 is 0 Å². The number of hydrogen-bond donors (Lipinski definition) is 2. The summed E-state index contributed by atoms with van der Waals surface area (Å²) in [6.07, 6.45) is 0.754. The Kier molecular flexibility index (Phi) is 4.30. The van der Waals surface area contributed by atoms with Gasteiger partial charge in [-0.05, 0) is 36.8 Å². The molecule has 2 aromatic carbocycles. The Balaban J connectivity index is 1.87. The fourth-order valence-corrected chi connectivity index (χ4v) is 2.57. The highest BCUT2D eigenvalue weighted by Gasteiger charge is 2.19. The van der Waals surface area contributed by atoms with E-state index in [1.54, 1.807) is 24.3 Å². The molecule has 23 heavy (non-hydrogen) atoms. The Bertz CT molecular complexity index is 760. The monoisotopic (exact) mass is 333 g/mol. The lowest BCUT2D eigenvalue weighted by Crippen LogP contribution is -2.12. The average Bonchev–Trinajstić information content (AvgIpc) is 2.75. The van der Waals surface area contributed by atoms with Crippen molar-refractivity contribution in [3.8, 4) is 17.2 Å². The summed E-state index contributed by atoms with van der Waals surface area (Å²) in [7, 11) is 0. The van der Waals surface area contributed by atoms with Crippen molar-refractivity contribution in [1.29, 1.82) is 0 Å². The Morgan fingerprint density at radius 1 is 1.22 bits per heavy atom. The third kappa shape index (κ3) is 3.35. The molecule has 6 heteroatoms. The molecule has 2 aromatic rings. The molecule has 0 bridgehead atoms. The second kappa shape index (κ2) is 6.38. The van der Waals surface area contributed by atoms with Crippen LogP contribution in [-0.4, -0.2) is 24.2 Å². The summed E-state index contributed by atoms with van der Waals surface area (Å²) in [6.45, 7) is 2.89. The minimum atomic E-state index is -0.387. The molecule has 0 unspecified atom stereocenters. The van der Waals surface area contributed by atoms with Crippen molar-refractivity contribution in [1.82, 2.24) is 0 Å². The van der Waals surface area contributed by atoms with Gasteiger partial charge in [0.1, 0.15) is 5.75 Å². The van der Waals surface area contributed by atoms with Crippen LogP contribution in [0.4, 0.5) is 5.69 Å². The third-order valence-electron chi connectivity index (χ3n) is 3.47. The Hall–Kier alpha value is -2.40. The summed E-state index contributed by atoms with van der Waals surface area (Å²) in [5, 5.41) is 12.9. The number of carbonyl (C=O) groups excluding carboxylic acids is 1. The Morgan fingerprint density at radius 2 is 2.00 bits per heavy atom. The quantitative estimate of drug-likeness (QED) is 0.821. The van der Waals surface area contributed by atoms with Crippen LogP contribution in [0.2, 0.25) is 5.02 Å². The molecule has 1 heterocycles. The first-order valence-electron chi connectivity index (χ1n) is 7.25. The Labute approximate surface area is 138 Å². The standard InChI is InChI=1S/C17H16ClNO4/c1-10-3-4-13(14(20)7-10)19-17(21)11-8-12(18)16-15(9-11)22-5-2-6-23-16/h3-4,7-9,20H,2,5-6H2,1H3,(H,19,21). The van der Waals surface area contributed by atoms with Gasteiger partial charge in [-0.15, -0.1) is 0 Å². The highest BCUT2D eigenvalue weighted by atomic mass is 35.5. The molecule has 1 amide bonds. The van der Waals surface area contributed by atoms with Crippen LogP contribution in [0.1, 0.15) is 22.3 Å². The van der Waals surface area contributed by atoms with Gasteiger partial charge in [-0.1, -0.05) is 17.7 Å². The van der Waals surface area contributed by atoms with Crippen LogP contribution >= 0.6 is 11.6 Å². The number of carbonyl (C=O) groups is 1. The van der Waals surface area contributed by atoms with Gasteiger partial charge in [0.15, 0.2) is 11.5 Å². The number of benzene rings is 2. The molecule has 1 aliphatic heterocycles. The molecule has 0 radical (unpaired) electrons. The number of aromatic hydroxyl groups is 1. The number of halogens is 1. The SMILES string of the molecule is Cc1ccc(NC(=O)c2cc(Cl)c3c(c2)OCCCO3)c(O)c1. The van der Waals surface area contributed by atoms with Gasteiger partial charge in [0.2, 0.25) is 0 Å². The predicted molar refractivity (Wildman–Crippen MR) is 87.9 cm³/mol. The molecule has 0 saturated carbocycles. The van der Waals surface area contributed by atoms with Crippen molar-refractivity contribution >= 4 is 23.2 Å². The molecule has 1 aliphatic rings. The van der Waals surface area contributed by atoms with E-state index in [-0.39, 0.29) is 11.7 Å². The van der Waals surface area contributed by atoms with Gasteiger partial charge >= 0.3 is 0 Å². The van der Waals surface area contributed by atoms with Gasteiger partial charge in [0, 0.05) is 12.0 Å². The van der Waals surface area contributed by atoms with Crippen LogP contribution in [0, 0.1) is 6.92 Å². The number of rotatable bonds is 2. The van der Waals surface area contributed by atoms with E-state index in [2.05, 4.69) is 5.32 Å². The zero-order valence-corrected chi connectivity index (χ0v) is 13.3. The molecule has 0 atom stereocenters. The maximum atomic E-state index is 12.4. The van der Waals surface area contributed by atoms with Crippen molar-refractivity contribution in [3.63, 3.8) is 0 Å². The first kappa shape index (κ1) is 15.5. The highest BCUT2D eigenvalue weighted by molar-refractivity contribution is 6.32. The normalized spacial score (nSPS) is 13.3. The second-order valence-electron chi connectivity index (χ2n) is 5.31. The first-order chi connectivity index (χ1) is 11.0. The van der Waals surface area contributed by atoms with Crippen molar-refractivity contribution < 1.29 is 19.4 Å². The predicted octanol–water partition coefficient (Wildman–Crippen LogP) is 3.77. The molecule has 0 saturated heterocycles. The van der Waals surface area contributed by atoms with E-state index in [0.717, 1.165) is 12.0 Å². The highest BCUT2D eigenvalue weighted by Crippen LogP contribution is 2.38. The van der Waals surface area contributed by atoms with Gasteiger partial charge in [-0.25, -0.2) is 0 Å². The van der Waals surface area contributed by atoms with Crippen molar-refractivity contribution in [2.24, 2.45) is 0 Å². The summed E-state index contributed by atoms with van der Waals surface area (Å²) in [4.78, 5) is 12.4. The van der Waals surface area contributed by atoms with Crippen molar-refractivity contribution in [2.45, 2.75) is 13.3 Å². The van der Waals surface area contributed by atoms with E-state index in [1.807, 2.05) is 6.92 Å². The minimum Gasteiger partial charge on any atom is -0.506 e. The maximum absolute atomic E-state index is 12.4. The van der Waals surface area contributed by atoms with Crippen molar-refractivity contribution in [2.75, 3.05) is 18.5 Å². The molecule has 0 fully saturated rings. The Morgan fingerprint density at radius 3 is 2.78 bits per heavy atom. The lowest BCUT2D eigenvalue weighted by atomic mass is 10.1. The molecular formula is C17H16ClNO4. The van der Waals surface area contributed by atoms with Gasteiger partial charge in [0.05, 0.1) is 23.9 Å². The largest absolute Gasteiger partial charge is 0.506 e. The number of nitrogens with one attached hydrogen (secondary N) is 1. The first-order valence-corrected chi connectivity index (χ1v) is 7.62. The summed E-state index contributed by atoms with van der Waals surface area (Å²) >= 11 is 6.18.